The van der Waals surface area contributed by atoms with E-state index in [4.69, 9.17) is 4.74 Å². The summed E-state index contributed by atoms with van der Waals surface area (Å²) in [6.07, 6.45) is 0. The third-order valence-electron chi connectivity index (χ3n) is 2.00. The normalized spacial score (nSPS) is 10.1. The van der Waals surface area contributed by atoms with Crippen LogP contribution in [-0.4, -0.2) is 11.5 Å². The fraction of sp³-hybridized carbons (Fsp3) is 0.0909. The third kappa shape index (κ3) is 1.44. The van der Waals surface area contributed by atoms with Crippen LogP contribution in [0.1, 0.15) is 5.69 Å². The molecule has 14 heavy (non-hydrogen) atoms. The lowest BCUT2D eigenvalue weighted by atomic mass is 10.2. The van der Waals surface area contributed by atoms with Crippen molar-refractivity contribution in [2.45, 2.75) is 6.92 Å². The molecule has 1 aromatic heterocycles. The highest BCUT2D eigenvalue weighted by atomic mass is 16.5. The molecule has 3 heteroatoms. The van der Waals surface area contributed by atoms with Crippen molar-refractivity contribution in [2.75, 3.05) is 0 Å². The van der Waals surface area contributed by atoms with Crippen LogP contribution >= 0.6 is 0 Å². The van der Waals surface area contributed by atoms with Gasteiger partial charge in [0.05, 0.1) is 0 Å². The van der Waals surface area contributed by atoms with Gasteiger partial charge in [0.2, 0.25) is 0 Å². The van der Waals surface area contributed by atoms with E-state index in [2.05, 4.69) is 4.98 Å². The summed E-state index contributed by atoms with van der Waals surface area (Å²) in [5, 5.41) is 0.968. The smallest absolute Gasteiger partial charge is 0.298 e. The summed E-state index contributed by atoms with van der Waals surface area (Å²) in [4.78, 5) is 14.6. The van der Waals surface area contributed by atoms with Crippen LogP contribution in [0, 0.1) is 6.92 Å². The van der Waals surface area contributed by atoms with Gasteiger partial charge in [0.15, 0.2) is 5.75 Å². The minimum atomic E-state index is 0.415. The van der Waals surface area contributed by atoms with Crippen molar-refractivity contribution in [2.24, 2.45) is 0 Å². The Morgan fingerprint density at radius 1 is 1.29 bits per heavy atom. The first-order valence-corrected chi connectivity index (χ1v) is 4.28. The Hall–Kier alpha value is -1.90. The number of hydrogen-bond acceptors (Lipinski definition) is 3. The average Bonchev–Trinajstić information content (AvgIpc) is 2.19. The Morgan fingerprint density at radius 2 is 2.14 bits per heavy atom. The Bertz CT molecular complexity index is 480. The number of pyridine rings is 1. The number of nitrogens with zero attached hydrogens (tertiary/aromatic N) is 1. The summed E-state index contributed by atoms with van der Waals surface area (Å²) >= 11 is 0. The van der Waals surface area contributed by atoms with E-state index in [1.165, 1.54) is 0 Å². The van der Waals surface area contributed by atoms with Crippen LogP contribution < -0.4 is 4.74 Å². The van der Waals surface area contributed by atoms with Crippen molar-refractivity contribution in [1.29, 1.82) is 0 Å². The number of hydrogen-bond donors (Lipinski definition) is 0. The molecule has 1 heterocycles. The Balaban J connectivity index is 2.70. The van der Waals surface area contributed by atoms with E-state index >= 15 is 0 Å². The van der Waals surface area contributed by atoms with Crippen molar-refractivity contribution in [3.05, 3.63) is 36.0 Å². The summed E-state index contributed by atoms with van der Waals surface area (Å²) in [7, 11) is 0. The molecule has 2 aromatic rings. The molecule has 0 amide bonds. The quantitative estimate of drug-likeness (QED) is 0.675. The number of ether oxygens (including phenoxy) is 1. The first-order valence-electron chi connectivity index (χ1n) is 4.28. The molecule has 0 atom stereocenters. The van der Waals surface area contributed by atoms with E-state index in [-0.39, 0.29) is 0 Å². The number of fused-ring (bicyclic) bond motifs is 1. The zero-order valence-electron chi connectivity index (χ0n) is 7.73. The topological polar surface area (TPSA) is 39.2 Å². The van der Waals surface area contributed by atoms with Gasteiger partial charge in [-0.15, -0.1) is 0 Å². The van der Waals surface area contributed by atoms with Crippen LogP contribution in [0.3, 0.4) is 0 Å². The number of aromatic nitrogens is 1. The van der Waals surface area contributed by atoms with Gasteiger partial charge in [-0.2, -0.15) is 0 Å². The van der Waals surface area contributed by atoms with Gasteiger partial charge in [0.25, 0.3) is 6.47 Å². The molecule has 0 saturated carbocycles. The van der Waals surface area contributed by atoms with Crippen molar-refractivity contribution in [3.63, 3.8) is 0 Å². The molecule has 0 bridgehead atoms. The molecule has 0 aliphatic heterocycles. The zero-order chi connectivity index (χ0) is 9.97. The number of para-hydroxylation sites is 1. The van der Waals surface area contributed by atoms with Crippen LogP contribution in [0.2, 0.25) is 0 Å². The van der Waals surface area contributed by atoms with E-state index in [1.807, 2.05) is 31.2 Å². The fourth-order valence-electron chi connectivity index (χ4n) is 1.36. The van der Waals surface area contributed by atoms with E-state index in [1.54, 1.807) is 6.07 Å². The molecular weight excluding hydrogens is 178 g/mol. The second-order valence-corrected chi connectivity index (χ2v) is 2.99. The Morgan fingerprint density at radius 3 is 2.93 bits per heavy atom. The monoisotopic (exact) mass is 187 g/mol. The van der Waals surface area contributed by atoms with E-state index in [9.17, 15) is 4.79 Å². The van der Waals surface area contributed by atoms with Crippen LogP contribution in [0.5, 0.6) is 5.75 Å². The number of carbonyl (C=O) groups is 1. The maximum absolute atomic E-state index is 10.3. The molecular formula is C11H9NO2. The minimum absolute atomic E-state index is 0.415. The average molecular weight is 187 g/mol. The summed E-state index contributed by atoms with van der Waals surface area (Å²) in [5.41, 5.74) is 1.62. The van der Waals surface area contributed by atoms with Gasteiger partial charge in [-0.3, -0.25) is 4.79 Å². The highest BCUT2D eigenvalue weighted by Gasteiger charge is 2.02. The van der Waals surface area contributed by atoms with Crippen molar-refractivity contribution in [3.8, 4) is 5.75 Å². The maximum Gasteiger partial charge on any atom is 0.298 e. The standard InChI is InChI=1S/C11H9NO2/c1-8-5-6-9-3-2-4-10(14-7-13)11(9)12-8/h2-7H,1H3. The molecule has 0 N–H and O–H groups in total. The molecule has 0 saturated heterocycles. The van der Waals surface area contributed by atoms with Crippen molar-refractivity contribution < 1.29 is 9.53 Å². The van der Waals surface area contributed by atoms with E-state index < -0.39 is 0 Å². The second kappa shape index (κ2) is 3.46. The molecule has 0 aliphatic carbocycles. The van der Waals surface area contributed by atoms with Gasteiger partial charge in [0.1, 0.15) is 5.52 Å². The predicted octanol–water partition coefficient (Wildman–Crippen LogP) is 2.08. The third-order valence-corrected chi connectivity index (χ3v) is 2.00. The molecule has 3 nitrogen and oxygen atoms in total. The fourth-order valence-corrected chi connectivity index (χ4v) is 1.36. The lowest BCUT2D eigenvalue weighted by Gasteiger charge is -2.03. The largest absolute Gasteiger partial charge is 0.426 e. The molecule has 2 rings (SSSR count). The van der Waals surface area contributed by atoms with E-state index in [0.29, 0.717) is 12.2 Å². The Kier molecular flexibility index (Phi) is 2.14. The summed E-state index contributed by atoms with van der Waals surface area (Å²) in [5.74, 6) is 0.501. The van der Waals surface area contributed by atoms with E-state index in [0.717, 1.165) is 16.6 Å². The number of carbonyl (C=O) groups excluding carboxylic acids is 1. The second-order valence-electron chi connectivity index (χ2n) is 2.99. The molecule has 0 fully saturated rings. The van der Waals surface area contributed by atoms with Gasteiger partial charge < -0.3 is 4.74 Å². The van der Waals surface area contributed by atoms with Crippen molar-refractivity contribution in [1.82, 2.24) is 4.98 Å². The van der Waals surface area contributed by atoms with Gasteiger partial charge in [-0.25, -0.2) is 4.98 Å². The van der Waals surface area contributed by atoms with Gasteiger partial charge in [-0.1, -0.05) is 18.2 Å². The molecule has 0 aliphatic rings. The lowest BCUT2D eigenvalue weighted by molar-refractivity contribution is -0.120. The predicted molar refractivity (Wildman–Crippen MR) is 53.2 cm³/mol. The molecule has 70 valence electrons. The highest BCUT2D eigenvalue weighted by Crippen LogP contribution is 2.23. The van der Waals surface area contributed by atoms with Crippen LogP contribution in [0.15, 0.2) is 30.3 Å². The van der Waals surface area contributed by atoms with Gasteiger partial charge >= 0.3 is 0 Å². The Labute approximate surface area is 81.3 Å². The SMILES string of the molecule is Cc1ccc2cccc(OC=O)c2n1. The maximum atomic E-state index is 10.3. The van der Waals surface area contributed by atoms with Gasteiger partial charge in [-0.05, 0) is 19.1 Å². The van der Waals surface area contributed by atoms with Crippen molar-refractivity contribution >= 4 is 17.4 Å². The summed E-state index contributed by atoms with van der Waals surface area (Å²) in [6, 6.07) is 9.36. The van der Waals surface area contributed by atoms with Crippen LogP contribution in [-0.2, 0) is 4.79 Å². The summed E-state index contributed by atoms with van der Waals surface area (Å²) < 4.78 is 4.83. The minimum Gasteiger partial charge on any atom is -0.426 e. The molecule has 0 radical (unpaired) electrons. The highest BCUT2D eigenvalue weighted by molar-refractivity contribution is 5.85. The molecule has 0 spiro atoms. The first-order chi connectivity index (χ1) is 6.81. The zero-order valence-corrected chi connectivity index (χ0v) is 7.73. The number of benzene rings is 1. The van der Waals surface area contributed by atoms with Crippen LogP contribution in [0.4, 0.5) is 0 Å². The number of aryl methyl sites for hydroxylation is 1. The summed E-state index contributed by atoms with van der Waals surface area (Å²) in [6.45, 7) is 2.32. The number of rotatable bonds is 2. The molecule has 1 aromatic carbocycles. The van der Waals surface area contributed by atoms with Crippen LogP contribution in [0.25, 0.3) is 10.9 Å². The lowest BCUT2D eigenvalue weighted by Crippen LogP contribution is -1.92. The first kappa shape index (κ1) is 8.69. The van der Waals surface area contributed by atoms with Gasteiger partial charge in [0, 0.05) is 11.1 Å². The molecule has 0 unspecified atom stereocenters.